The smallest absolute Gasteiger partial charge is 0.545 e. The SMILES string of the molecule is CCCCCCCCCCCCCCCCCCOc1ccc(C(=O)[O-])cc1OCCCCCCCCCCCCCCCCCC.[Na+]. The van der Waals surface area contributed by atoms with Gasteiger partial charge in [-0.05, 0) is 31.0 Å². The molecule has 5 heteroatoms. The summed E-state index contributed by atoms with van der Waals surface area (Å²) in [5, 5.41) is 11.4. The van der Waals surface area contributed by atoms with Crippen LogP contribution in [0.1, 0.15) is 230 Å². The summed E-state index contributed by atoms with van der Waals surface area (Å²) in [5.41, 5.74) is 0.140. The summed E-state index contributed by atoms with van der Waals surface area (Å²) in [4.78, 5) is 11.4. The Morgan fingerprint density at radius 3 is 1.00 bits per heavy atom. The summed E-state index contributed by atoms with van der Waals surface area (Å²) in [7, 11) is 0. The van der Waals surface area contributed by atoms with Gasteiger partial charge in [0.2, 0.25) is 0 Å². The topological polar surface area (TPSA) is 58.6 Å². The molecule has 0 N–H and O–H groups in total. The molecule has 0 saturated heterocycles. The van der Waals surface area contributed by atoms with E-state index in [0.29, 0.717) is 24.7 Å². The molecule has 0 spiro atoms. The predicted octanol–water partition coefficient (Wildman–Crippen LogP) is 10.3. The van der Waals surface area contributed by atoms with Crippen LogP contribution in [0, 0.1) is 0 Å². The molecule has 0 amide bonds. The van der Waals surface area contributed by atoms with Crippen molar-refractivity contribution >= 4 is 5.97 Å². The fraction of sp³-hybridized carbons (Fsp3) is 0.837. The zero-order chi connectivity index (χ0) is 33.9. The summed E-state index contributed by atoms with van der Waals surface area (Å²) in [6.07, 6.45) is 43.0. The first-order valence-electron chi connectivity index (χ1n) is 20.8. The van der Waals surface area contributed by atoms with Crippen molar-refractivity contribution in [2.75, 3.05) is 13.2 Å². The Morgan fingerprint density at radius 2 is 0.708 bits per heavy atom. The van der Waals surface area contributed by atoms with Gasteiger partial charge in [0.25, 0.3) is 0 Å². The number of carboxylic acid groups (broad SMARTS) is 1. The molecule has 48 heavy (non-hydrogen) atoms. The van der Waals surface area contributed by atoms with Crippen LogP contribution in [-0.4, -0.2) is 19.2 Å². The number of unbranched alkanes of at least 4 members (excludes halogenated alkanes) is 30. The third-order valence-electron chi connectivity index (χ3n) is 9.69. The van der Waals surface area contributed by atoms with Gasteiger partial charge in [0.1, 0.15) is 0 Å². The number of carbonyl (C=O) groups excluding carboxylic acids is 1. The first-order chi connectivity index (χ1) is 23.2. The third-order valence-corrected chi connectivity index (χ3v) is 9.69. The zero-order valence-electron chi connectivity index (χ0n) is 32.4. The first-order valence-corrected chi connectivity index (χ1v) is 20.8. The summed E-state index contributed by atoms with van der Waals surface area (Å²) in [5.74, 6) is -0.00165. The van der Waals surface area contributed by atoms with Gasteiger partial charge >= 0.3 is 29.6 Å². The van der Waals surface area contributed by atoms with Crippen molar-refractivity contribution in [3.05, 3.63) is 23.8 Å². The van der Waals surface area contributed by atoms with E-state index >= 15 is 0 Å². The second kappa shape index (κ2) is 37.5. The Bertz CT molecular complexity index is 814. The van der Waals surface area contributed by atoms with Gasteiger partial charge < -0.3 is 19.4 Å². The fourth-order valence-corrected chi connectivity index (χ4v) is 6.53. The molecule has 0 radical (unpaired) electrons. The molecular weight excluding hydrogens is 603 g/mol. The van der Waals surface area contributed by atoms with E-state index in [9.17, 15) is 9.90 Å². The number of ether oxygens (including phenoxy) is 2. The molecule has 4 nitrogen and oxygen atoms in total. The van der Waals surface area contributed by atoms with Gasteiger partial charge in [-0.2, -0.15) is 0 Å². The zero-order valence-corrected chi connectivity index (χ0v) is 34.4. The Labute approximate surface area is 321 Å². The third kappa shape index (κ3) is 30.1. The molecule has 0 saturated carbocycles. The van der Waals surface area contributed by atoms with E-state index < -0.39 is 5.97 Å². The molecule has 0 fully saturated rings. The molecule has 0 bridgehead atoms. The molecule has 0 aromatic heterocycles. The molecule has 274 valence electrons. The van der Waals surface area contributed by atoms with Crippen LogP contribution in [0.5, 0.6) is 11.5 Å². The van der Waals surface area contributed by atoms with E-state index in [-0.39, 0.29) is 35.1 Å². The Balaban J connectivity index is 0.0000221. The Hall–Kier alpha value is -0.710. The Morgan fingerprint density at radius 1 is 0.438 bits per heavy atom. The predicted molar refractivity (Wildman–Crippen MR) is 201 cm³/mol. The molecule has 0 aliphatic heterocycles. The van der Waals surface area contributed by atoms with Crippen molar-refractivity contribution in [1.82, 2.24) is 0 Å². The Kier molecular flexibility index (Phi) is 37.0. The molecule has 1 rings (SSSR count). The average Bonchev–Trinajstić information content (AvgIpc) is 3.07. The molecule has 0 heterocycles. The molecule has 1 aromatic rings. The molecule has 0 unspecified atom stereocenters. The molecular formula is C43H77NaO4. The maximum atomic E-state index is 11.4. The summed E-state index contributed by atoms with van der Waals surface area (Å²) in [6.45, 7) is 5.79. The number of rotatable bonds is 37. The number of hydrogen-bond donors (Lipinski definition) is 0. The van der Waals surface area contributed by atoms with Gasteiger partial charge in [0, 0.05) is 5.56 Å². The summed E-state index contributed by atoms with van der Waals surface area (Å²) < 4.78 is 12.1. The minimum atomic E-state index is -1.18. The maximum Gasteiger partial charge on any atom is 1.00 e. The standard InChI is InChI=1S/C43H78O4.Na/c1-3-5-7-9-11-13-15-17-19-21-23-25-27-29-31-33-37-46-41-36-35-40(43(44)45)39-42(41)47-38-34-32-30-28-26-24-22-20-18-16-14-12-10-8-6-4-2;/h35-36,39H,3-34,37-38H2,1-2H3,(H,44,45);/q;+1/p-1. The van der Waals surface area contributed by atoms with E-state index in [1.54, 1.807) is 18.2 Å². The van der Waals surface area contributed by atoms with Crippen LogP contribution in [0.25, 0.3) is 0 Å². The molecule has 0 aliphatic rings. The van der Waals surface area contributed by atoms with E-state index in [4.69, 9.17) is 9.47 Å². The van der Waals surface area contributed by atoms with Gasteiger partial charge in [0.05, 0.1) is 19.2 Å². The van der Waals surface area contributed by atoms with Gasteiger partial charge in [0.15, 0.2) is 11.5 Å². The van der Waals surface area contributed by atoms with E-state index in [1.807, 2.05) is 0 Å². The van der Waals surface area contributed by atoms with E-state index in [2.05, 4.69) is 13.8 Å². The van der Waals surface area contributed by atoms with Crippen LogP contribution in [-0.2, 0) is 0 Å². The second-order valence-electron chi connectivity index (χ2n) is 14.3. The van der Waals surface area contributed by atoms with E-state index in [1.165, 1.54) is 186 Å². The average molecular weight is 681 g/mol. The number of hydrogen-bond acceptors (Lipinski definition) is 4. The largest absolute Gasteiger partial charge is 1.00 e. The normalized spacial score (nSPS) is 11.0. The second-order valence-corrected chi connectivity index (χ2v) is 14.3. The van der Waals surface area contributed by atoms with Crippen LogP contribution < -0.4 is 44.1 Å². The van der Waals surface area contributed by atoms with Gasteiger partial charge in [-0.1, -0.05) is 206 Å². The van der Waals surface area contributed by atoms with Crippen molar-refractivity contribution in [3.63, 3.8) is 0 Å². The van der Waals surface area contributed by atoms with Crippen LogP contribution in [0.2, 0.25) is 0 Å². The number of carbonyl (C=O) groups is 1. The summed E-state index contributed by atoms with van der Waals surface area (Å²) in [6, 6.07) is 4.84. The monoisotopic (exact) mass is 681 g/mol. The minimum absolute atomic E-state index is 0. The number of carboxylic acids is 1. The van der Waals surface area contributed by atoms with Crippen molar-refractivity contribution in [1.29, 1.82) is 0 Å². The summed E-state index contributed by atoms with van der Waals surface area (Å²) >= 11 is 0. The quantitative estimate of drug-likeness (QED) is 0.0518. The fourth-order valence-electron chi connectivity index (χ4n) is 6.53. The number of aromatic carboxylic acids is 1. The first kappa shape index (κ1) is 47.3. The maximum absolute atomic E-state index is 11.4. The van der Waals surface area contributed by atoms with Crippen molar-refractivity contribution in [2.24, 2.45) is 0 Å². The van der Waals surface area contributed by atoms with Crippen LogP contribution in [0.4, 0.5) is 0 Å². The molecule has 1 aromatic carbocycles. The van der Waals surface area contributed by atoms with Crippen LogP contribution in [0.15, 0.2) is 18.2 Å². The minimum Gasteiger partial charge on any atom is -0.545 e. The van der Waals surface area contributed by atoms with Crippen LogP contribution in [0.3, 0.4) is 0 Å². The van der Waals surface area contributed by atoms with E-state index in [0.717, 1.165) is 19.3 Å². The van der Waals surface area contributed by atoms with Crippen molar-refractivity contribution < 1.29 is 48.9 Å². The van der Waals surface area contributed by atoms with Gasteiger partial charge in [-0.25, -0.2) is 0 Å². The van der Waals surface area contributed by atoms with Crippen LogP contribution >= 0.6 is 0 Å². The molecule has 0 aliphatic carbocycles. The van der Waals surface area contributed by atoms with Gasteiger partial charge in [-0.3, -0.25) is 0 Å². The van der Waals surface area contributed by atoms with Crippen molar-refractivity contribution in [3.8, 4) is 11.5 Å². The van der Waals surface area contributed by atoms with Crippen molar-refractivity contribution in [2.45, 2.75) is 219 Å². The molecule has 0 atom stereocenters. The number of benzene rings is 1. The van der Waals surface area contributed by atoms with Gasteiger partial charge in [-0.15, -0.1) is 0 Å².